The Balaban J connectivity index is 1.33. The van der Waals surface area contributed by atoms with Crippen LogP contribution in [0.2, 0.25) is 0 Å². The summed E-state index contributed by atoms with van der Waals surface area (Å²) in [6.45, 7) is 2.09. The Kier molecular flexibility index (Phi) is 6.90. The van der Waals surface area contributed by atoms with Gasteiger partial charge in [0.2, 0.25) is 0 Å². The van der Waals surface area contributed by atoms with Crippen LogP contribution in [0, 0.1) is 10.1 Å². The highest BCUT2D eigenvalue weighted by atomic mass is 19.4. The SMILES string of the molecule is O=C(NCc1cccc(Cn2ccnc2)c1)N1CCN(c2ccc(C(F)(F)F)cc2[N+](=O)[O-])CC1. The minimum Gasteiger partial charge on any atom is -0.362 e. The predicted molar refractivity (Wildman–Crippen MR) is 122 cm³/mol. The molecule has 0 bridgehead atoms. The molecule has 0 aliphatic carbocycles. The fraction of sp³-hybridized carbons (Fsp3) is 0.304. The van der Waals surface area contributed by atoms with E-state index >= 15 is 0 Å². The maximum atomic E-state index is 13.0. The second kappa shape index (κ2) is 10.0. The van der Waals surface area contributed by atoms with E-state index < -0.39 is 22.4 Å². The third-order valence-corrected chi connectivity index (χ3v) is 5.77. The zero-order chi connectivity index (χ0) is 25.0. The minimum absolute atomic E-state index is 0.109. The van der Waals surface area contributed by atoms with E-state index in [-0.39, 0.29) is 37.9 Å². The molecule has 1 saturated heterocycles. The van der Waals surface area contributed by atoms with Gasteiger partial charge in [-0.25, -0.2) is 9.78 Å². The summed E-state index contributed by atoms with van der Waals surface area (Å²) in [6.07, 6.45) is 0.638. The van der Waals surface area contributed by atoms with Gasteiger partial charge in [-0.3, -0.25) is 10.1 Å². The lowest BCUT2D eigenvalue weighted by Gasteiger charge is -2.35. The second-order valence-corrected chi connectivity index (χ2v) is 8.15. The van der Waals surface area contributed by atoms with Crippen molar-refractivity contribution in [1.29, 1.82) is 0 Å². The first-order valence-electron chi connectivity index (χ1n) is 10.9. The van der Waals surface area contributed by atoms with E-state index in [0.717, 1.165) is 23.3 Å². The summed E-state index contributed by atoms with van der Waals surface area (Å²) >= 11 is 0. The smallest absolute Gasteiger partial charge is 0.362 e. The lowest BCUT2D eigenvalue weighted by molar-refractivity contribution is -0.384. The minimum atomic E-state index is -4.67. The van der Waals surface area contributed by atoms with Crippen LogP contribution in [-0.2, 0) is 19.3 Å². The number of amides is 2. The van der Waals surface area contributed by atoms with Gasteiger partial charge in [0, 0.05) is 57.7 Å². The van der Waals surface area contributed by atoms with Crippen LogP contribution in [0.1, 0.15) is 16.7 Å². The van der Waals surface area contributed by atoms with E-state index in [1.54, 1.807) is 22.3 Å². The van der Waals surface area contributed by atoms with Crippen molar-refractivity contribution in [2.24, 2.45) is 0 Å². The third-order valence-electron chi connectivity index (χ3n) is 5.77. The molecule has 1 N–H and O–H groups in total. The Bertz CT molecular complexity index is 1190. The Morgan fingerprint density at radius 2 is 1.83 bits per heavy atom. The molecule has 4 rings (SSSR count). The molecule has 3 aromatic rings. The summed E-state index contributed by atoms with van der Waals surface area (Å²) in [5, 5.41) is 14.3. The number of urea groups is 1. The molecular formula is C23H23F3N6O3. The number of alkyl halides is 3. The number of anilines is 1. The van der Waals surface area contributed by atoms with Crippen LogP contribution in [0.5, 0.6) is 0 Å². The van der Waals surface area contributed by atoms with Gasteiger partial charge in [-0.1, -0.05) is 24.3 Å². The number of piperazine rings is 1. The van der Waals surface area contributed by atoms with Crippen LogP contribution in [0.25, 0.3) is 0 Å². The Labute approximate surface area is 198 Å². The van der Waals surface area contributed by atoms with E-state index in [0.29, 0.717) is 19.2 Å². The van der Waals surface area contributed by atoms with Crippen LogP contribution >= 0.6 is 0 Å². The zero-order valence-electron chi connectivity index (χ0n) is 18.6. The highest BCUT2D eigenvalue weighted by Crippen LogP contribution is 2.36. The first-order valence-corrected chi connectivity index (χ1v) is 10.9. The summed E-state index contributed by atoms with van der Waals surface area (Å²) < 4.78 is 40.8. The predicted octanol–water partition coefficient (Wildman–Crippen LogP) is 3.89. The van der Waals surface area contributed by atoms with Crippen molar-refractivity contribution in [3.05, 3.63) is 88.0 Å². The van der Waals surface area contributed by atoms with Gasteiger partial charge in [-0.05, 0) is 23.3 Å². The number of nitro groups is 1. The maximum Gasteiger partial charge on any atom is 0.416 e. The number of hydrogen-bond donors (Lipinski definition) is 1. The van der Waals surface area contributed by atoms with Crippen molar-refractivity contribution in [2.75, 3.05) is 31.1 Å². The molecule has 0 saturated carbocycles. The van der Waals surface area contributed by atoms with E-state index in [1.807, 2.05) is 35.0 Å². The van der Waals surface area contributed by atoms with Crippen LogP contribution in [-0.4, -0.2) is 51.6 Å². The van der Waals surface area contributed by atoms with Crippen molar-refractivity contribution in [2.45, 2.75) is 19.3 Å². The number of hydrogen-bond acceptors (Lipinski definition) is 5. The van der Waals surface area contributed by atoms with Gasteiger partial charge >= 0.3 is 12.2 Å². The summed E-state index contributed by atoms with van der Waals surface area (Å²) in [6, 6.07) is 10.1. The normalized spacial score (nSPS) is 14.1. The van der Waals surface area contributed by atoms with Crippen molar-refractivity contribution in [1.82, 2.24) is 19.8 Å². The van der Waals surface area contributed by atoms with Crippen LogP contribution in [0.4, 0.5) is 29.3 Å². The monoisotopic (exact) mass is 488 g/mol. The molecule has 0 atom stereocenters. The summed E-state index contributed by atoms with van der Waals surface area (Å²) in [5.74, 6) is 0. The molecule has 0 radical (unpaired) electrons. The maximum absolute atomic E-state index is 13.0. The standard InChI is InChI=1S/C23H23F3N6O3/c24-23(25,26)19-4-5-20(21(13-19)32(34)35)30-8-10-31(11-9-30)22(33)28-14-17-2-1-3-18(12-17)15-29-7-6-27-16-29/h1-7,12-13,16H,8-11,14-15H2,(H,28,33). The largest absolute Gasteiger partial charge is 0.416 e. The van der Waals surface area contributed by atoms with Gasteiger partial charge in [-0.2, -0.15) is 13.2 Å². The highest BCUT2D eigenvalue weighted by Gasteiger charge is 2.34. The topological polar surface area (TPSA) is 96.5 Å². The quantitative estimate of drug-likeness (QED) is 0.420. The fourth-order valence-corrected chi connectivity index (χ4v) is 3.98. The molecule has 0 unspecified atom stereocenters. The molecule has 9 nitrogen and oxygen atoms in total. The lowest BCUT2D eigenvalue weighted by Crippen LogP contribution is -2.51. The number of benzene rings is 2. The number of rotatable bonds is 6. The van der Waals surface area contributed by atoms with E-state index in [4.69, 9.17) is 0 Å². The number of imidazole rings is 1. The van der Waals surface area contributed by atoms with Crippen LogP contribution in [0.3, 0.4) is 0 Å². The van der Waals surface area contributed by atoms with Crippen molar-refractivity contribution >= 4 is 17.4 Å². The molecule has 2 heterocycles. The Morgan fingerprint density at radius 1 is 1.09 bits per heavy atom. The number of nitro benzene ring substituents is 1. The molecule has 1 aromatic heterocycles. The fourth-order valence-electron chi connectivity index (χ4n) is 3.98. The first kappa shape index (κ1) is 24.0. The number of carbonyl (C=O) groups is 1. The average molecular weight is 488 g/mol. The summed E-state index contributed by atoms with van der Waals surface area (Å²) in [7, 11) is 0. The Hall–Kier alpha value is -4.09. The number of aromatic nitrogens is 2. The van der Waals surface area contributed by atoms with Gasteiger partial charge in [0.15, 0.2) is 0 Å². The molecule has 35 heavy (non-hydrogen) atoms. The van der Waals surface area contributed by atoms with Gasteiger partial charge in [0.1, 0.15) is 5.69 Å². The second-order valence-electron chi connectivity index (χ2n) is 8.15. The van der Waals surface area contributed by atoms with E-state index in [1.165, 1.54) is 0 Å². The molecule has 184 valence electrons. The van der Waals surface area contributed by atoms with Crippen molar-refractivity contribution < 1.29 is 22.9 Å². The van der Waals surface area contributed by atoms with E-state index in [2.05, 4.69) is 10.3 Å². The van der Waals surface area contributed by atoms with Crippen LogP contribution < -0.4 is 10.2 Å². The third kappa shape index (κ3) is 5.89. The van der Waals surface area contributed by atoms with E-state index in [9.17, 15) is 28.1 Å². The zero-order valence-corrected chi connectivity index (χ0v) is 18.6. The molecule has 0 spiro atoms. The molecule has 1 fully saturated rings. The first-order chi connectivity index (χ1) is 16.7. The number of carbonyl (C=O) groups excluding carboxylic acids is 1. The highest BCUT2D eigenvalue weighted by molar-refractivity contribution is 5.75. The van der Waals surface area contributed by atoms with Gasteiger partial charge in [0.05, 0.1) is 16.8 Å². The lowest BCUT2D eigenvalue weighted by atomic mass is 10.1. The number of halogens is 3. The van der Waals surface area contributed by atoms with Crippen molar-refractivity contribution in [3.63, 3.8) is 0 Å². The van der Waals surface area contributed by atoms with Crippen LogP contribution in [0.15, 0.2) is 61.2 Å². The van der Waals surface area contributed by atoms with Gasteiger partial charge < -0.3 is 19.7 Å². The summed E-state index contributed by atoms with van der Waals surface area (Å²) in [5.41, 5.74) is 0.447. The summed E-state index contributed by atoms with van der Waals surface area (Å²) in [4.78, 5) is 30.4. The Morgan fingerprint density at radius 3 is 2.49 bits per heavy atom. The number of nitrogens with zero attached hydrogens (tertiary/aromatic N) is 5. The molecular weight excluding hydrogens is 465 g/mol. The molecule has 1 aliphatic heterocycles. The molecule has 2 amide bonds. The molecule has 2 aromatic carbocycles. The molecule has 12 heteroatoms. The van der Waals surface area contributed by atoms with Gasteiger partial charge in [-0.15, -0.1) is 0 Å². The van der Waals surface area contributed by atoms with Crippen molar-refractivity contribution in [3.8, 4) is 0 Å². The van der Waals surface area contributed by atoms with Gasteiger partial charge in [0.25, 0.3) is 5.69 Å². The molecule has 1 aliphatic rings. The number of nitrogens with one attached hydrogen (secondary N) is 1. The average Bonchev–Trinajstić information content (AvgIpc) is 3.35.